The van der Waals surface area contributed by atoms with E-state index in [0.29, 0.717) is 0 Å². The smallest absolute Gasteiger partial charge is 0.415 e. The van der Waals surface area contributed by atoms with Crippen molar-refractivity contribution >= 4 is 31.7 Å². The molecule has 0 atom stereocenters. The van der Waals surface area contributed by atoms with E-state index in [1.165, 1.54) is 0 Å². The van der Waals surface area contributed by atoms with Gasteiger partial charge in [0.05, 0.1) is 28.2 Å². The molecule has 0 fully saturated rings. The van der Waals surface area contributed by atoms with E-state index in [2.05, 4.69) is 66.8 Å². The van der Waals surface area contributed by atoms with Gasteiger partial charge < -0.3 is 32.0 Å². The molecule has 0 heterocycles. The maximum absolute atomic E-state index is 4.65. The van der Waals surface area contributed by atoms with E-state index < -0.39 is 7.87 Å². The Labute approximate surface area is 215 Å². The Balaban J connectivity index is 0. The lowest BCUT2D eigenvalue weighted by Crippen LogP contribution is -3.00. The number of nitrogens with zero attached hydrogens (tertiary/aromatic N) is 12. The van der Waals surface area contributed by atoms with Crippen LogP contribution in [0, 0.1) is 0 Å². The SMILES string of the molecule is C/N=C(\N(C)C)N(C)[P+](N(C)/C(=N/C)N(C)C)(N(C)/C(=N/C)N(C)C)N(C)/C(=N/C)N(C)C.[Cl-]. The Hall–Kier alpha value is -2.20. The summed E-state index contributed by atoms with van der Waals surface area (Å²) >= 11 is 0. The zero-order valence-corrected chi connectivity index (χ0v) is 25.8. The van der Waals surface area contributed by atoms with Gasteiger partial charge in [-0.3, -0.25) is 20.0 Å². The first-order valence-corrected chi connectivity index (χ1v) is 12.2. The lowest BCUT2D eigenvalue weighted by atomic mass is 10.8. The molecule has 0 radical (unpaired) electrons. The molecule has 0 amide bonds. The van der Waals surface area contributed by atoms with Crippen LogP contribution < -0.4 is 12.4 Å². The van der Waals surface area contributed by atoms with Crippen LogP contribution in [0.1, 0.15) is 0 Å². The average Bonchev–Trinajstić information content (AvgIpc) is 2.69. The summed E-state index contributed by atoms with van der Waals surface area (Å²) in [6.07, 6.45) is 0. The molecule has 0 unspecified atom stereocenters. The second-order valence-electron chi connectivity index (χ2n) is 8.30. The van der Waals surface area contributed by atoms with Crippen LogP contribution in [0.25, 0.3) is 0 Å². The average molecular weight is 523 g/mol. The number of hydrogen-bond donors (Lipinski definition) is 0. The van der Waals surface area contributed by atoms with E-state index in [4.69, 9.17) is 0 Å². The number of hydrogen-bond acceptors (Lipinski definition) is 4. The molecule has 0 aliphatic heterocycles. The summed E-state index contributed by atoms with van der Waals surface area (Å²) in [4.78, 5) is 26.6. The summed E-state index contributed by atoms with van der Waals surface area (Å²) in [6, 6.07) is 0. The Morgan fingerprint density at radius 3 is 0.618 bits per heavy atom. The fourth-order valence-electron chi connectivity index (χ4n) is 4.22. The van der Waals surface area contributed by atoms with Crippen molar-refractivity contribution in [3.05, 3.63) is 0 Å². The molecule has 0 aromatic heterocycles. The summed E-state index contributed by atoms with van der Waals surface area (Å²) in [6.45, 7) is 0. The van der Waals surface area contributed by atoms with Gasteiger partial charge in [0.2, 0.25) is 23.8 Å². The van der Waals surface area contributed by atoms with Gasteiger partial charge in [-0.1, -0.05) is 0 Å². The molecule has 0 aliphatic rings. The van der Waals surface area contributed by atoms with Crippen molar-refractivity contribution in [2.45, 2.75) is 0 Å². The van der Waals surface area contributed by atoms with E-state index in [-0.39, 0.29) is 12.4 Å². The third-order valence-electron chi connectivity index (χ3n) is 5.17. The highest BCUT2D eigenvalue weighted by Crippen LogP contribution is 2.68. The van der Waals surface area contributed by atoms with Crippen molar-refractivity contribution in [2.75, 3.05) is 113 Å². The minimum atomic E-state index is -2.72. The highest BCUT2D eigenvalue weighted by atomic mass is 35.5. The van der Waals surface area contributed by atoms with E-state index in [1.807, 2.05) is 104 Å². The van der Waals surface area contributed by atoms with E-state index in [0.717, 1.165) is 23.8 Å². The second-order valence-corrected chi connectivity index (χ2v) is 11.8. The van der Waals surface area contributed by atoms with Gasteiger partial charge >= 0.3 is 7.87 Å². The van der Waals surface area contributed by atoms with Crippen molar-refractivity contribution in [1.82, 2.24) is 38.3 Å². The Morgan fingerprint density at radius 2 is 0.529 bits per heavy atom. The topological polar surface area (TPSA) is 75.4 Å². The lowest BCUT2D eigenvalue weighted by molar-refractivity contribution is -0.00000803. The summed E-state index contributed by atoms with van der Waals surface area (Å²) in [5.74, 6) is 3.25. The second kappa shape index (κ2) is 14.3. The third-order valence-corrected chi connectivity index (χ3v) is 9.10. The summed E-state index contributed by atoms with van der Waals surface area (Å²) < 4.78 is 8.85. The van der Waals surface area contributed by atoms with E-state index in [1.54, 1.807) is 0 Å². The minimum absolute atomic E-state index is 0. The predicted octanol–water partition coefficient (Wildman–Crippen LogP) is -2.42. The molecular weight excluding hydrogens is 475 g/mol. The Morgan fingerprint density at radius 1 is 0.382 bits per heavy atom. The molecule has 0 aliphatic carbocycles. The molecule has 0 spiro atoms. The summed E-state index contributed by atoms with van der Waals surface area (Å²) in [5, 5.41) is 0. The molecule has 0 rings (SSSR count). The quantitative estimate of drug-likeness (QED) is 0.229. The largest absolute Gasteiger partial charge is 1.00 e. The molecule has 14 heteroatoms. The highest BCUT2D eigenvalue weighted by molar-refractivity contribution is 7.69. The number of aliphatic imine (C=N–C) groups is 4. The van der Waals surface area contributed by atoms with Crippen molar-refractivity contribution in [2.24, 2.45) is 20.0 Å². The molecule has 34 heavy (non-hydrogen) atoms. The number of rotatable bonds is 4. The zero-order valence-electron chi connectivity index (χ0n) is 24.2. The summed E-state index contributed by atoms with van der Waals surface area (Å²) in [5.41, 5.74) is 0. The zero-order chi connectivity index (χ0) is 26.3. The van der Waals surface area contributed by atoms with Crippen LogP contribution in [-0.4, -0.2) is 175 Å². The van der Waals surface area contributed by atoms with Crippen LogP contribution in [0.3, 0.4) is 0 Å². The first-order valence-electron chi connectivity index (χ1n) is 10.6. The Kier molecular flexibility index (Phi) is 14.2. The van der Waals surface area contributed by atoms with Crippen molar-refractivity contribution in [3.63, 3.8) is 0 Å². The molecule has 0 N–H and O–H groups in total. The first kappa shape index (κ1) is 34.0. The predicted molar refractivity (Wildman–Crippen MR) is 146 cm³/mol. The van der Waals surface area contributed by atoms with Gasteiger partial charge in [0.1, 0.15) is 0 Å². The molecule has 200 valence electrons. The molecule has 0 bridgehead atoms. The monoisotopic (exact) mass is 522 g/mol. The van der Waals surface area contributed by atoms with Crippen LogP contribution in [0.5, 0.6) is 0 Å². The molecule has 0 saturated heterocycles. The van der Waals surface area contributed by atoms with E-state index >= 15 is 0 Å². The fraction of sp³-hybridized carbons (Fsp3) is 0.800. The number of halogens is 1. The first-order chi connectivity index (χ1) is 15.2. The van der Waals surface area contributed by atoms with E-state index in [9.17, 15) is 0 Å². The van der Waals surface area contributed by atoms with Crippen molar-refractivity contribution in [3.8, 4) is 0 Å². The van der Waals surface area contributed by atoms with Crippen molar-refractivity contribution < 1.29 is 12.4 Å². The normalized spacial score (nSPS) is 13.2. The molecule has 0 aromatic rings. The van der Waals surface area contributed by atoms with Gasteiger partial charge in [0, 0.05) is 84.6 Å². The minimum Gasteiger partial charge on any atom is -1.00 e. The fourth-order valence-corrected chi connectivity index (χ4v) is 8.67. The molecule has 12 nitrogen and oxygen atoms in total. The van der Waals surface area contributed by atoms with Crippen LogP contribution in [0.15, 0.2) is 20.0 Å². The highest BCUT2D eigenvalue weighted by Gasteiger charge is 2.63. The van der Waals surface area contributed by atoms with Crippen LogP contribution in [0.4, 0.5) is 0 Å². The maximum Gasteiger partial charge on any atom is 0.415 e. The molecular formula is C20H48ClN12P. The van der Waals surface area contributed by atoms with Gasteiger partial charge in [-0.15, -0.1) is 0 Å². The molecule has 0 aromatic carbocycles. The van der Waals surface area contributed by atoms with Crippen LogP contribution >= 0.6 is 7.87 Å². The van der Waals surface area contributed by atoms with Crippen molar-refractivity contribution in [1.29, 1.82) is 0 Å². The van der Waals surface area contributed by atoms with Crippen LogP contribution in [-0.2, 0) is 0 Å². The lowest BCUT2D eigenvalue weighted by Gasteiger charge is -2.50. The third kappa shape index (κ3) is 6.47. The Bertz CT molecular complexity index is 622. The maximum atomic E-state index is 4.65. The van der Waals surface area contributed by atoms with Crippen LogP contribution in [0.2, 0.25) is 0 Å². The van der Waals surface area contributed by atoms with Gasteiger partial charge in [-0.05, 0) is 0 Å². The van der Waals surface area contributed by atoms with Gasteiger partial charge in [0.25, 0.3) is 0 Å². The van der Waals surface area contributed by atoms with Gasteiger partial charge in [-0.2, -0.15) is 18.7 Å². The van der Waals surface area contributed by atoms with Gasteiger partial charge in [0.15, 0.2) is 0 Å². The number of guanidine groups is 4. The molecule has 0 saturated carbocycles. The standard InChI is InChI=1S/C20H48N12P.ClH/c1-21-17(25(5)6)29(13)33(30(14)18(22-2)26(7)8,31(15)19(23-3)27(9)10)32(16)20(24-4)28(11)12;/h1-16H3;1H/q+1;/p-1/b21-17+,22-18+,23-19+,24-20+;. The summed E-state index contributed by atoms with van der Waals surface area (Å²) in [7, 11) is 28.7. The van der Waals surface area contributed by atoms with Gasteiger partial charge in [-0.25, -0.2) is 0 Å².